The largest absolute Gasteiger partial charge is 0.552 e. The molecule has 6 heavy (non-hydrogen) atoms. The fourth-order valence-electron chi connectivity index (χ4n) is 0.0962. The predicted octanol–water partition coefficient (Wildman–Crippen LogP) is 0.893. The van der Waals surface area contributed by atoms with Gasteiger partial charge in [-0.3, -0.25) is 0 Å². The summed E-state index contributed by atoms with van der Waals surface area (Å²) in [7, 11) is 0. The van der Waals surface area contributed by atoms with E-state index in [1.165, 1.54) is 6.61 Å². The number of hydrogen-bond donors (Lipinski definition) is 0. The zero-order chi connectivity index (χ0) is 4.12. The molecule has 0 heterocycles. The van der Waals surface area contributed by atoms with Crippen molar-refractivity contribution in [3.63, 3.8) is 0 Å². The maximum atomic E-state index is 4.79. The minimum atomic E-state index is 0. The fourth-order valence-corrected chi connectivity index (χ4v) is 0.0962. The van der Waals surface area contributed by atoms with Crippen molar-refractivity contribution in [2.24, 2.45) is 0 Å². The Morgan fingerprint density at radius 1 is 1.83 bits per heavy atom. The summed E-state index contributed by atoms with van der Waals surface area (Å²) in [5.41, 5.74) is 0. The SMILES string of the molecule is [CH][CH-]OCC.[Y]. The van der Waals surface area contributed by atoms with E-state index in [2.05, 4.69) is 4.74 Å². The quantitative estimate of drug-likeness (QED) is 0.545. The number of hydrogen-bond acceptors (Lipinski definition) is 1. The molecule has 0 aliphatic carbocycles. The molecular formula is C4H7OY-. The van der Waals surface area contributed by atoms with Gasteiger partial charge < -0.3 is 4.74 Å². The van der Waals surface area contributed by atoms with Crippen molar-refractivity contribution >= 4 is 0 Å². The normalized spacial score (nSPS) is 7.00. The first kappa shape index (κ1) is 10.1. The Bertz CT molecular complexity index is 15.0. The molecule has 2 heteroatoms. The molecule has 0 amide bonds. The van der Waals surface area contributed by atoms with Gasteiger partial charge in [-0.1, -0.05) is 0 Å². The van der Waals surface area contributed by atoms with Crippen LogP contribution in [0.5, 0.6) is 0 Å². The van der Waals surface area contributed by atoms with Gasteiger partial charge in [-0.2, -0.15) is 6.92 Å². The second-order valence-electron chi connectivity index (χ2n) is 0.591. The summed E-state index contributed by atoms with van der Waals surface area (Å²) < 4.78 is 4.49. The smallest absolute Gasteiger partial charge is 0.00826 e. The van der Waals surface area contributed by atoms with Crippen molar-refractivity contribution in [1.82, 2.24) is 0 Å². The third-order valence-electron chi connectivity index (χ3n) is 0.263. The Morgan fingerprint density at radius 3 is 2.33 bits per heavy atom. The van der Waals surface area contributed by atoms with Crippen LogP contribution in [0.1, 0.15) is 6.92 Å². The zero-order valence-corrected chi connectivity index (χ0v) is 6.69. The molecule has 1 nitrogen and oxygen atoms in total. The monoisotopic (exact) mass is 160 g/mol. The molecule has 0 fully saturated rings. The molecule has 33 valence electrons. The Morgan fingerprint density at radius 2 is 2.33 bits per heavy atom. The first-order valence-corrected chi connectivity index (χ1v) is 1.56. The third kappa shape index (κ3) is 8.91. The molecular weight excluding hydrogens is 153 g/mol. The van der Waals surface area contributed by atoms with Gasteiger partial charge in [0, 0.05) is 39.3 Å². The molecule has 0 saturated heterocycles. The Balaban J connectivity index is 0. The summed E-state index contributed by atoms with van der Waals surface area (Å²) in [6.07, 6.45) is 0. The van der Waals surface area contributed by atoms with E-state index in [1.54, 1.807) is 0 Å². The molecule has 0 aromatic heterocycles. The molecule has 0 rings (SSSR count). The molecule has 0 saturated carbocycles. The van der Waals surface area contributed by atoms with E-state index in [0.29, 0.717) is 6.61 Å². The average Bonchev–Trinajstić information content (AvgIpc) is 1.41. The van der Waals surface area contributed by atoms with Gasteiger partial charge in [0.25, 0.3) is 0 Å². The van der Waals surface area contributed by atoms with Crippen molar-refractivity contribution in [2.75, 3.05) is 6.61 Å². The number of rotatable bonds is 2. The molecule has 0 bridgehead atoms. The van der Waals surface area contributed by atoms with Crippen LogP contribution in [-0.2, 0) is 37.4 Å². The van der Waals surface area contributed by atoms with Crippen molar-refractivity contribution in [3.05, 3.63) is 13.5 Å². The van der Waals surface area contributed by atoms with Crippen LogP contribution in [0.4, 0.5) is 0 Å². The van der Waals surface area contributed by atoms with Crippen LogP contribution < -0.4 is 0 Å². The minimum absolute atomic E-state index is 0. The topological polar surface area (TPSA) is 9.23 Å². The molecule has 0 spiro atoms. The van der Waals surface area contributed by atoms with Crippen molar-refractivity contribution < 1.29 is 37.4 Å². The molecule has 3 radical (unpaired) electrons. The molecule has 0 N–H and O–H groups in total. The van der Waals surface area contributed by atoms with Crippen molar-refractivity contribution in [3.8, 4) is 0 Å². The van der Waals surface area contributed by atoms with Crippen LogP contribution in [0.15, 0.2) is 0 Å². The fraction of sp³-hybridized carbons (Fsp3) is 0.500. The molecule has 0 unspecified atom stereocenters. The van der Waals surface area contributed by atoms with E-state index in [1.807, 2.05) is 6.92 Å². The maximum Gasteiger partial charge on any atom is 0.00826 e. The van der Waals surface area contributed by atoms with Crippen LogP contribution in [0.25, 0.3) is 0 Å². The Hall–Kier alpha value is 1.06. The summed E-state index contributed by atoms with van der Waals surface area (Å²) >= 11 is 0. The van der Waals surface area contributed by atoms with Crippen molar-refractivity contribution in [1.29, 1.82) is 0 Å². The summed E-state index contributed by atoms with van der Waals surface area (Å²) in [6, 6.07) is 0. The van der Waals surface area contributed by atoms with Gasteiger partial charge in [-0.25, -0.2) is 6.61 Å². The van der Waals surface area contributed by atoms with Gasteiger partial charge in [0.2, 0.25) is 0 Å². The average molecular weight is 160 g/mol. The molecule has 0 aliphatic heterocycles. The van der Waals surface area contributed by atoms with Crippen LogP contribution in [0.3, 0.4) is 0 Å². The van der Waals surface area contributed by atoms with Crippen molar-refractivity contribution in [2.45, 2.75) is 6.92 Å². The van der Waals surface area contributed by atoms with Gasteiger partial charge >= 0.3 is 0 Å². The van der Waals surface area contributed by atoms with Gasteiger partial charge in [-0.15, -0.1) is 0 Å². The zero-order valence-electron chi connectivity index (χ0n) is 3.85. The molecule has 0 aromatic carbocycles. The van der Waals surface area contributed by atoms with E-state index in [9.17, 15) is 0 Å². The number of ether oxygens (including phenoxy) is 1. The molecule has 0 aromatic rings. The van der Waals surface area contributed by atoms with E-state index in [4.69, 9.17) is 6.92 Å². The summed E-state index contributed by atoms with van der Waals surface area (Å²) in [5, 5.41) is 0. The standard InChI is InChI=1S/C4H7O.Y/c1-3-5-4-2;/h1,3H,4H2,2H3;/q-1;. The molecule has 0 atom stereocenters. The summed E-state index contributed by atoms with van der Waals surface area (Å²) in [6.45, 7) is 8.51. The first-order valence-electron chi connectivity index (χ1n) is 1.56. The Kier molecular flexibility index (Phi) is 15.9. The van der Waals surface area contributed by atoms with Crippen LogP contribution in [0.2, 0.25) is 0 Å². The van der Waals surface area contributed by atoms with Gasteiger partial charge in [0.15, 0.2) is 0 Å². The third-order valence-corrected chi connectivity index (χ3v) is 0.263. The molecule has 0 aliphatic rings. The second-order valence-corrected chi connectivity index (χ2v) is 0.591. The van der Waals surface area contributed by atoms with Crippen LogP contribution in [0, 0.1) is 13.5 Å². The summed E-state index contributed by atoms with van der Waals surface area (Å²) in [5.74, 6) is 0. The van der Waals surface area contributed by atoms with E-state index in [-0.39, 0.29) is 32.7 Å². The second kappa shape index (κ2) is 9.42. The first-order chi connectivity index (χ1) is 2.41. The Labute approximate surface area is 64.3 Å². The van der Waals surface area contributed by atoms with Gasteiger partial charge in [0.05, 0.1) is 0 Å². The maximum absolute atomic E-state index is 4.79. The van der Waals surface area contributed by atoms with Crippen LogP contribution in [-0.4, -0.2) is 6.61 Å². The van der Waals surface area contributed by atoms with E-state index < -0.39 is 0 Å². The predicted molar refractivity (Wildman–Crippen MR) is 20.2 cm³/mol. The van der Waals surface area contributed by atoms with E-state index in [0.717, 1.165) is 0 Å². The van der Waals surface area contributed by atoms with E-state index >= 15 is 0 Å². The van der Waals surface area contributed by atoms with Gasteiger partial charge in [0.1, 0.15) is 0 Å². The van der Waals surface area contributed by atoms with Crippen LogP contribution >= 0.6 is 0 Å². The minimum Gasteiger partial charge on any atom is -0.552 e. The van der Waals surface area contributed by atoms with Gasteiger partial charge in [-0.05, 0) is 6.92 Å². The summed E-state index contributed by atoms with van der Waals surface area (Å²) in [4.78, 5) is 0.